The average Bonchev–Trinajstić information content (AvgIpc) is 2.47. The summed E-state index contributed by atoms with van der Waals surface area (Å²) in [7, 11) is -2.33. The van der Waals surface area contributed by atoms with Gasteiger partial charge in [0.05, 0.1) is 5.04 Å². The molecule has 0 amide bonds. The smallest absolute Gasteiger partial charge is 0.307 e. The lowest BCUT2D eigenvalue weighted by molar-refractivity contribution is -0.143. The Morgan fingerprint density at radius 1 is 0.952 bits per heavy atom. The number of benzene rings is 2. The molecular weight excluding hydrogens is 276 g/mol. The Balaban J connectivity index is 2.23. The van der Waals surface area contributed by atoms with Crippen molar-refractivity contribution in [1.82, 2.24) is 0 Å². The molecule has 2 nitrogen and oxygen atoms in total. The number of carbonyl (C=O) groups is 1. The van der Waals surface area contributed by atoms with E-state index >= 15 is 0 Å². The van der Waals surface area contributed by atoms with Gasteiger partial charge in [0.25, 0.3) is 0 Å². The number of aliphatic carboxylic acids is 1. The molecule has 0 bridgehead atoms. The summed E-state index contributed by atoms with van der Waals surface area (Å²) in [5, 5.41) is 11.9. The second-order valence-electron chi connectivity index (χ2n) is 6.10. The maximum atomic E-state index is 12.1. The minimum absolute atomic E-state index is 0.560. The number of carboxylic acids is 1. The molecule has 0 unspecified atom stereocenters. The van der Waals surface area contributed by atoms with Gasteiger partial charge < -0.3 is 5.11 Å². The second-order valence-corrected chi connectivity index (χ2v) is 10.5. The van der Waals surface area contributed by atoms with Crippen LogP contribution in [0.3, 0.4) is 0 Å². The monoisotopic (exact) mass is 296 g/mol. The van der Waals surface area contributed by atoms with Crippen molar-refractivity contribution >= 4 is 24.4 Å². The van der Waals surface area contributed by atoms with E-state index in [-0.39, 0.29) is 0 Å². The van der Waals surface area contributed by atoms with Crippen LogP contribution in [0.2, 0.25) is 11.6 Å². The molecule has 2 aromatic carbocycles. The van der Waals surface area contributed by atoms with Gasteiger partial charge >= 0.3 is 5.97 Å². The molecule has 0 atom stereocenters. The van der Waals surface area contributed by atoms with E-state index in [9.17, 15) is 9.90 Å². The molecule has 0 aromatic heterocycles. The fourth-order valence-corrected chi connectivity index (χ4v) is 8.66. The Morgan fingerprint density at radius 2 is 1.38 bits per heavy atom. The van der Waals surface area contributed by atoms with Crippen LogP contribution in [-0.4, -0.2) is 19.1 Å². The van der Waals surface area contributed by atoms with E-state index in [2.05, 4.69) is 30.8 Å². The summed E-state index contributed by atoms with van der Waals surface area (Å²) in [6, 6.07) is 20.6. The standard InChI is InChI=1S/C18H20O2Si/c1-21(15-9-4-2-5-10-15,16-11-6-3-7-12-16)18(17(19)20)13-8-14-18/h2-7,9-12H,8,13-14H2,1H3,(H,19,20). The SMILES string of the molecule is C[Si](c1ccccc1)(c1ccccc1)C1(C(=O)O)CCC1. The molecule has 2 aromatic rings. The minimum atomic E-state index is -2.33. The molecule has 0 radical (unpaired) electrons. The Hall–Kier alpha value is -1.87. The number of hydrogen-bond acceptors (Lipinski definition) is 1. The first-order valence-corrected chi connectivity index (χ1v) is 9.96. The minimum Gasteiger partial charge on any atom is -0.481 e. The van der Waals surface area contributed by atoms with E-state index in [0.717, 1.165) is 19.3 Å². The van der Waals surface area contributed by atoms with Crippen LogP contribution in [0.1, 0.15) is 19.3 Å². The predicted molar refractivity (Wildman–Crippen MR) is 87.9 cm³/mol. The molecule has 1 fully saturated rings. The summed E-state index contributed by atoms with van der Waals surface area (Å²) in [5.74, 6) is -0.615. The summed E-state index contributed by atoms with van der Waals surface area (Å²) in [4.78, 5) is 12.1. The lowest BCUT2D eigenvalue weighted by atomic mass is 9.84. The largest absolute Gasteiger partial charge is 0.481 e. The van der Waals surface area contributed by atoms with Crippen molar-refractivity contribution in [1.29, 1.82) is 0 Å². The topological polar surface area (TPSA) is 37.3 Å². The van der Waals surface area contributed by atoms with Crippen LogP contribution in [-0.2, 0) is 4.79 Å². The average molecular weight is 296 g/mol. The Morgan fingerprint density at radius 3 is 1.67 bits per heavy atom. The van der Waals surface area contributed by atoms with Crippen LogP contribution in [0.15, 0.2) is 60.7 Å². The van der Waals surface area contributed by atoms with Gasteiger partial charge in [-0.25, -0.2) is 0 Å². The first-order chi connectivity index (χ1) is 10.1. The summed E-state index contributed by atoms with van der Waals surface area (Å²) < 4.78 is 0. The highest BCUT2D eigenvalue weighted by Crippen LogP contribution is 2.55. The van der Waals surface area contributed by atoms with E-state index in [1.54, 1.807) is 0 Å². The molecule has 0 heterocycles. The van der Waals surface area contributed by atoms with E-state index in [0.29, 0.717) is 0 Å². The van der Waals surface area contributed by atoms with Crippen LogP contribution < -0.4 is 10.4 Å². The molecule has 0 saturated heterocycles. The van der Waals surface area contributed by atoms with E-state index in [1.807, 2.05) is 36.4 Å². The molecule has 1 aliphatic rings. The lowest BCUT2D eigenvalue weighted by Crippen LogP contribution is -2.68. The van der Waals surface area contributed by atoms with E-state index in [1.165, 1.54) is 10.4 Å². The van der Waals surface area contributed by atoms with Crippen molar-refractivity contribution in [2.24, 2.45) is 0 Å². The molecule has 3 heteroatoms. The Labute approximate surface area is 126 Å². The molecular formula is C18H20O2Si. The van der Waals surface area contributed by atoms with Gasteiger partial charge in [0.1, 0.15) is 8.07 Å². The van der Waals surface area contributed by atoms with Gasteiger partial charge in [-0.2, -0.15) is 0 Å². The third-order valence-electron chi connectivity index (χ3n) is 5.28. The third kappa shape index (κ3) is 1.95. The Bertz CT molecular complexity index is 593. The summed E-state index contributed by atoms with van der Waals surface area (Å²) >= 11 is 0. The van der Waals surface area contributed by atoms with Gasteiger partial charge in [0, 0.05) is 0 Å². The highest BCUT2D eigenvalue weighted by molar-refractivity contribution is 7.05. The van der Waals surface area contributed by atoms with E-state index < -0.39 is 19.1 Å². The highest BCUT2D eigenvalue weighted by Gasteiger charge is 2.60. The zero-order chi connectivity index (χ0) is 14.9. The van der Waals surface area contributed by atoms with Gasteiger partial charge in [-0.05, 0) is 12.8 Å². The van der Waals surface area contributed by atoms with Gasteiger partial charge in [0.15, 0.2) is 0 Å². The van der Waals surface area contributed by atoms with Crippen molar-refractivity contribution in [3.8, 4) is 0 Å². The number of carboxylic acid groups (broad SMARTS) is 1. The van der Waals surface area contributed by atoms with Crippen LogP contribution in [0.5, 0.6) is 0 Å². The molecule has 0 spiro atoms. The maximum Gasteiger partial charge on any atom is 0.307 e. The van der Waals surface area contributed by atoms with Crippen molar-refractivity contribution < 1.29 is 9.90 Å². The van der Waals surface area contributed by atoms with Crippen molar-refractivity contribution in [2.75, 3.05) is 0 Å². The van der Waals surface area contributed by atoms with Crippen LogP contribution in [0.4, 0.5) is 0 Å². The fraction of sp³-hybridized carbons (Fsp3) is 0.278. The van der Waals surface area contributed by atoms with Gasteiger partial charge in [-0.1, -0.05) is 84.0 Å². The van der Waals surface area contributed by atoms with Crippen molar-refractivity contribution in [2.45, 2.75) is 30.8 Å². The van der Waals surface area contributed by atoms with Gasteiger partial charge in [-0.15, -0.1) is 0 Å². The van der Waals surface area contributed by atoms with Crippen LogP contribution >= 0.6 is 0 Å². The molecule has 21 heavy (non-hydrogen) atoms. The van der Waals surface area contributed by atoms with Crippen molar-refractivity contribution in [3.63, 3.8) is 0 Å². The molecule has 1 N–H and O–H groups in total. The fourth-order valence-electron chi connectivity index (χ4n) is 3.72. The molecule has 1 aliphatic carbocycles. The molecule has 3 rings (SSSR count). The van der Waals surface area contributed by atoms with E-state index in [4.69, 9.17) is 0 Å². The highest BCUT2D eigenvalue weighted by atomic mass is 28.3. The van der Waals surface area contributed by atoms with Gasteiger partial charge in [-0.3, -0.25) is 4.79 Å². The predicted octanol–water partition coefficient (Wildman–Crippen LogP) is 2.89. The summed E-state index contributed by atoms with van der Waals surface area (Å²) in [5.41, 5.74) is 0. The van der Waals surface area contributed by atoms with Crippen molar-refractivity contribution in [3.05, 3.63) is 60.7 Å². The number of hydrogen-bond donors (Lipinski definition) is 1. The zero-order valence-corrected chi connectivity index (χ0v) is 13.3. The summed E-state index contributed by atoms with van der Waals surface area (Å²) in [6.07, 6.45) is 2.62. The zero-order valence-electron chi connectivity index (χ0n) is 12.3. The molecule has 0 aliphatic heterocycles. The van der Waals surface area contributed by atoms with Crippen LogP contribution in [0, 0.1) is 0 Å². The Kier molecular flexibility index (Phi) is 3.45. The maximum absolute atomic E-state index is 12.1. The molecule has 108 valence electrons. The number of rotatable bonds is 4. The first-order valence-electron chi connectivity index (χ1n) is 7.46. The van der Waals surface area contributed by atoms with Gasteiger partial charge in [0.2, 0.25) is 0 Å². The normalized spacial score (nSPS) is 17.0. The lowest BCUT2D eigenvalue weighted by Gasteiger charge is -2.50. The quantitative estimate of drug-likeness (QED) is 0.881. The second kappa shape index (κ2) is 5.15. The third-order valence-corrected chi connectivity index (χ3v) is 10.9. The van der Waals surface area contributed by atoms with Crippen LogP contribution in [0.25, 0.3) is 0 Å². The molecule has 1 saturated carbocycles. The summed E-state index contributed by atoms with van der Waals surface area (Å²) in [6.45, 7) is 2.23. The first kappa shape index (κ1) is 14.1.